The number of sulfonamides is 1. The summed E-state index contributed by atoms with van der Waals surface area (Å²) >= 11 is 0. The number of hydrogen-bond donors (Lipinski definition) is 2. The number of carbonyl (C=O) groups is 1. The molecule has 1 heterocycles. The van der Waals surface area contributed by atoms with Crippen LogP contribution in [0.4, 0.5) is 11.4 Å². The van der Waals surface area contributed by atoms with Crippen molar-refractivity contribution >= 4 is 27.3 Å². The molecule has 2 N–H and O–H groups in total. The van der Waals surface area contributed by atoms with Crippen molar-refractivity contribution < 1.29 is 18.3 Å². The first kappa shape index (κ1) is 22.0. The average Bonchev–Trinajstić information content (AvgIpc) is 2.84. The SMILES string of the molecule is CN(c1ccccc1)S(=O)(=O)c1ccc(C(=O)Nc2cnc(-c3cccc(O)c3)nc2)cc1. The van der Waals surface area contributed by atoms with Crippen molar-refractivity contribution in [2.75, 3.05) is 16.7 Å². The normalized spacial score (nSPS) is 11.1. The van der Waals surface area contributed by atoms with Gasteiger partial charge in [-0.1, -0.05) is 30.3 Å². The number of benzene rings is 3. The molecule has 0 aliphatic rings. The third-order valence-corrected chi connectivity index (χ3v) is 6.71. The minimum atomic E-state index is -3.76. The fraction of sp³-hybridized carbons (Fsp3) is 0.0417. The van der Waals surface area contributed by atoms with Crippen molar-refractivity contribution in [2.45, 2.75) is 4.90 Å². The number of aromatic hydroxyl groups is 1. The molecule has 0 aliphatic heterocycles. The number of hydrogen-bond acceptors (Lipinski definition) is 6. The fourth-order valence-corrected chi connectivity index (χ4v) is 4.30. The highest BCUT2D eigenvalue weighted by Crippen LogP contribution is 2.23. The second-order valence-corrected chi connectivity index (χ2v) is 9.10. The quantitative estimate of drug-likeness (QED) is 0.451. The highest BCUT2D eigenvalue weighted by Gasteiger charge is 2.21. The van der Waals surface area contributed by atoms with E-state index in [1.807, 2.05) is 6.07 Å². The van der Waals surface area contributed by atoms with Gasteiger partial charge in [-0.05, 0) is 48.5 Å². The zero-order valence-electron chi connectivity index (χ0n) is 17.6. The molecule has 4 aromatic rings. The lowest BCUT2D eigenvalue weighted by Crippen LogP contribution is -2.26. The summed E-state index contributed by atoms with van der Waals surface area (Å²) in [6.45, 7) is 0. The number of phenolic OH excluding ortho intramolecular Hbond substituents is 1. The molecule has 0 saturated heterocycles. The van der Waals surface area contributed by atoms with Crippen molar-refractivity contribution in [3.05, 3.63) is 96.8 Å². The van der Waals surface area contributed by atoms with Gasteiger partial charge in [0.2, 0.25) is 0 Å². The van der Waals surface area contributed by atoms with Gasteiger partial charge in [-0.25, -0.2) is 18.4 Å². The Labute approximate surface area is 191 Å². The summed E-state index contributed by atoms with van der Waals surface area (Å²) in [5.74, 6) is 0.0824. The molecule has 0 saturated carbocycles. The standard InChI is InChI=1S/C24H20N4O4S/c1-28(20-7-3-2-4-8-20)33(31,32)22-12-10-17(11-13-22)24(30)27-19-15-25-23(26-16-19)18-6-5-9-21(29)14-18/h2-16,29H,1H3,(H,27,30). The number of anilines is 2. The number of phenols is 1. The predicted molar refractivity (Wildman–Crippen MR) is 126 cm³/mol. The van der Waals surface area contributed by atoms with Gasteiger partial charge in [-0.3, -0.25) is 9.10 Å². The molecular weight excluding hydrogens is 440 g/mol. The summed E-state index contributed by atoms with van der Waals surface area (Å²) in [5.41, 5.74) is 1.84. The molecule has 1 aromatic heterocycles. The first-order valence-corrected chi connectivity index (χ1v) is 11.4. The summed E-state index contributed by atoms with van der Waals surface area (Å²) in [6, 6.07) is 20.9. The Kier molecular flexibility index (Phi) is 6.05. The van der Waals surface area contributed by atoms with Crippen molar-refractivity contribution in [1.29, 1.82) is 0 Å². The molecular formula is C24H20N4O4S. The lowest BCUT2D eigenvalue weighted by atomic mass is 10.2. The Bertz CT molecular complexity index is 1370. The van der Waals surface area contributed by atoms with Crippen LogP contribution in [0.2, 0.25) is 0 Å². The van der Waals surface area contributed by atoms with Crippen molar-refractivity contribution in [3.63, 3.8) is 0 Å². The van der Waals surface area contributed by atoms with Crippen molar-refractivity contribution in [1.82, 2.24) is 9.97 Å². The zero-order chi connectivity index (χ0) is 23.4. The van der Waals surface area contributed by atoms with Gasteiger partial charge in [0, 0.05) is 18.2 Å². The number of amides is 1. The zero-order valence-corrected chi connectivity index (χ0v) is 18.4. The van der Waals surface area contributed by atoms with E-state index in [-0.39, 0.29) is 16.2 Å². The number of nitrogens with one attached hydrogen (secondary N) is 1. The molecule has 33 heavy (non-hydrogen) atoms. The summed E-state index contributed by atoms with van der Waals surface area (Å²) in [4.78, 5) is 21.1. The molecule has 4 rings (SSSR count). The summed E-state index contributed by atoms with van der Waals surface area (Å²) < 4.78 is 26.9. The van der Waals surface area contributed by atoms with Gasteiger partial charge in [0.05, 0.1) is 28.7 Å². The van der Waals surface area contributed by atoms with Crippen LogP contribution in [0.25, 0.3) is 11.4 Å². The summed E-state index contributed by atoms with van der Waals surface area (Å²) in [7, 11) is -2.29. The molecule has 0 fully saturated rings. The van der Waals surface area contributed by atoms with Crippen molar-refractivity contribution in [3.8, 4) is 17.1 Å². The Morgan fingerprint density at radius 2 is 1.58 bits per heavy atom. The summed E-state index contributed by atoms with van der Waals surface area (Å²) in [6.07, 6.45) is 2.91. The van der Waals surface area contributed by atoms with Crippen LogP contribution in [-0.4, -0.2) is 36.4 Å². The lowest BCUT2D eigenvalue weighted by molar-refractivity contribution is 0.102. The second kappa shape index (κ2) is 9.09. The molecule has 1 amide bonds. The molecule has 0 aliphatic carbocycles. The number of aromatic nitrogens is 2. The third kappa shape index (κ3) is 4.83. The first-order chi connectivity index (χ1) is 15.8. The fourth-order valence-electron chi connectivity index (χ4n) is 3.10. The monoisotopic (exact) mass is 460 g/mol. The minimum Gasteiger partial charge on any atom is -0.508 e. The van der Waals surface area contributed by atoms with Gasteiger partial charge in [0.15, 0.2) is 5.82 Å². The largest absolute Gasteiger partial charge is 0.508 e. The Hall–Kier alpha value is -4.24. The molecule has 0 atom stereocenters. The number of nitrogens with zero attached hydrogens (tertiary/aromatic N) is 3. The second-order valence-electron chi connectivity index (χ2n) is 7.13. The Morgan fingerprint density at radius 1 is 0.909 bits per heavy atom. The van der Waals surface area contributed by atoms with Gasteiger partial charge >= 0.3 is 0 Å². The van der Waals surface area contributed by atoms with E-state index < -0.39 is 15.9 Å². The third-order valence-electron chi connectivity index (χ3n) is 4.91. The highest BCUT2D eigenvalue weighted by atomic mass is 32.2. The van der Waals surface area contributed by atoms with Gasteiger partial charge in [-0.2, -0.15) is 0 Å². The smallest absolute Gasteiger partial charge is 0.264 e. The minimum absolute atomic E-state index is 0.0733. The maximum Gasteiger partial charge on any atom is 0.264 e. The topological polar surface area (TPSA) is 112 Å². The molecule has 166 valence electrons. The van der Waals surface area contributed by atoms with Crippen LogP contribution < -0.4 is 9.62 Å². The molecule has 0 spiro atoms. The van der Waals surface area contributed by atoms with Crippen LogP contribution in [0.15, 0.2) is 96.2 Å². The molecule has 3 aromatic carbocycles. The van der Waals surface area contributed by atoms with Crippen LogP contribution in [0, 0.1) is 0 Å². The molecule has 0 radical (unpaired) electrons. The maximum absolute atomic E-state index is 12.9. The molecule has 0 bridgehead atoms. The average molecular weight is 461 g/mol. The highest BCUT2D eigenvalue weighted by molar-refractivity contribution is 7.92. The van der Waals surface area contributed by atoms with Crippen LogP contribution in [0.5, 0.6) is 5.75 Å². The van der Waals surface area contributed by atoms with Gasteiger partial charge in [-0.15, -0.1) is 0 Å². The number of para-hydroxylation sites is 1. The Morgan fingerprint density at radius 3 is 2.21 bits per heavy atom. The van der Waals surface area contributed by atoms with E-state index in [1.54, 1.807) is 48.5 Å². The lowest BCUT2D eigenvalue weighted by Gasteiger charge is -2.19. The van der Waals surface area contributed by atoms with Crippen LogP contribution in [-0.2, 0) is 10.0 Å². The maximum atomic E-state index is 12.9. The molecule has 0 unspecified atom stereocenters. The van der Waals surface area contributed by atoms with E-state index in [2.05, 4.69) is 15.3 Å². The van der Waals surface area contributed by atoms with E-state index in [0.29, 0.717) is 22.8 Å². The van der Waals surface area contributed by atoms with Gasteiger partial charge in [0.25, 0.3) is 15.9 Å². The van der Waals surface area contributed by atoms with E-state index in [9.17, 15) is 18.3 Å². The number of rotatable bonds is 6. The van der Waals surface area contributed by atoms with Crippen molar-refractivity contribution in [2.24, 2.45) is 0 Å². The van der Waals surface area contributed by atoms with E-state index >= 15 is 0 Å². The van der Waals surface area contributed by atoms with E-state index in [1.165, 1.54) is 48.0 Å². The molecule has 8 nitrogen and oxygen atoms in total. The summed E-state index contributed by atoms with van der Waals surface area (Å²) in [5, 5.41) is 12.3. The van der Waals surface area contributed by atoms with Crippen LogP contribution in [0.3, 0.4) is 0 Å². The number of carbonyl (C=O) groups excluding carboxylic acids is 1. The van der Waals surface area contributed by atoms with E-state index in [0.717, 1.165) is 0 Å². The first-order valence-electron chi connectivity index (χ1n) is 9.91. The predicted octanol–water partition coefficient (Wildman–Crippen LogP) is 3.93. The van der Waals surface area contributed by atoms with Gasteiger partial charge < -0.3 is 10.4 Å². The van der Waals surface area contributed by atoms with Crippen LogP contribution >= 0.6 is 0 Å². The Balaban J connectivity index is 1.46. The van der Waals surface area contributed by atoms with Gasteiger partial charge in [0.1, 0.15) is 5.75 Å². The molecule has 9 heteroatoms. The van der Waals surface area contributed by atoms with Crippen LogP contribution in [0.1, 0.15) is 10.4 Å². The van der Waals surface area contributed by atoms with E-state index in [4.69, 9.17) is 0 Å².